The Morgan fingerprint density at radius 2 is 2.05 bits per heavy atom. The molecule has 21 heavy (non-hydrogen) atoms. The molecule has 3 heterocycles. The van der Waals surface area contributed by atoms with Crippen LogP contribution in [0.4, 0.5) is 0 Å². The molecule has 1 fully saturated rings. The molecule has 0 amide bonds. The lowest BCUT2D eigenvalue weighted by atomic mass is 10.1. The SMILES string of the molecule is c1ccc(Cn2cnc3c(C4CCCO4)ncnc32)cc1. The molecule has 1 saturated heterocycles. The van der Waals surface area contributed by atoms with Crippen LogP contribution in [0, 0.1) is 0 Å². The van der Waals surface area contributed by atoms with Crippen LogP contribution in [0.15, 0.2) is 43.0 Å². The topological polar surface area (TPSA) is 52.8 Å². The van der Waals surface area contributed by atoms with Crippen molar-refractivity contribution in [3.05, 3.63) is 54.2 Å². The van der Waals surface area contributed by atoms with E-state index in [2.05, 4.69) is 31.7 Å². The van der Waals surface area contributed by atoms with E-state index in [0.717, 1.165) is 42.9 Å². The highest BCUT2D eigenvalue weighted by molar-refractivity contribution is 5.73. The van der Waals surface area contributed by atoms with E-state index in [1.165, 1.54) is 5.56 Å². The molecule has 3 aromatic rings. The van der Waals surface area contributed by atoms with Gasteiger partial charge in [-0.25, -0.2) is 15.0 Å². The lowest BCUT2D eigenvalue weighted by molar-refractivity contribution is 0.109. The number of hydrogen-bond donors (Lipinski definition) is 0. The van der Waals surface area contributed by atoms with Crippen LogP contribution in [0.5, 0.6) is 0 Å². The quantitative estimate of drug-likeness (QED) is 0.740. The summed E-state index contributed by atoms with van der Waals surface area (Å²) >= 11 is 0. The first-order valence-corrected chi connectivity index (χ1v) is 7.23. The van der Waals surface area contributed by atoms with Crippen LogP contribution < -0.4 is 0 Å². The molecule has 0 N–H and O–H groups in total. The van der Waals surface area contributed by atoms with Crippen LogP contribution in [-0.4, -0.2) is 26.1 Å². The van der Waals surface area contributed by atoms with Crippen LogP contribution in [-0.2, 0) is 11.3 Å². The summed E-state index contributed by atoms with van der Waals surface area (Å²) in [6, 6.07) is 10.3. The molecule has 0 aliphatic carbocycles. The number of fused-ring (bicyclic) bond motifs is 1. The third-order valence-electron chi connectivity index (χ3n) is 3.86. The fraction of sp³-hybridized carbons (Fsp3) is 0.312. The summed E-state index contributed by atoms with van der Waals surface area (Å²) in [5, 5.41) is 0. The molecular formula is C16H16N4O. The molecular weight excluding hydrogens is 264 g/mol. The van der Waals surface area contributed by atoms with E-state index in [0.29, 0.717) is 0 Å². The Bertz CT molecular complexity index is 747. The van der Waals surface area contributed by atoms with Crippen molar-refractivity contribution >= 4 is 11.2 Å². The monoisotopic (exact) mass is 280 g/mol. The number of nitrogens with zero attached hydrogens (tertiary/aromatic N) is 4. The Labute approximate surface area is 122 Å². The Hall–Kier alpha value is -2.27. The fourth-order valence-corrected chi connectivity index (χ4v) is 2.82. The molecule has 1 atom stereocenters. The van der Waals surface area contributed by atoms with Crippen LogP contribution in [0.25, 0.3) is 11.2 Å². The molecule has 5 nitrogen and oxygen atoms in total. The second kappa shape index (κ2) is 5.26. The van der Waals surface area contributed by atoms with Gasteiger partial charge in [-0.15, -0.1) is 0 Å². The largest absolute Gasteiger partial charge is 0.372 e. The van der Waals surface area contributed by atoms with Gasteiger partial charge in [0.1, 0.15) is 23.6 Å². The number of ether oxygens (including phenoxy) is 1. The Morgan fingerprint density at radius 1 is 1.14 bits per heavy atom. The molecule has 0 spiro atoms. The van der Waals surface area contributed by atoms with Crippen LogP contribution in [0.2, 0.25) is 0 Å². The van der Waals surface area contributed by atoms with Gasteiger partial charge >= 0.3 is 0 Å². The number of rotatable bonds is 3. The van der Waals surface area contributed by atoms with Gasteiger partial charge in [0.2, 0.25) is 0 Å². The highest BCUT2D eigenvalue weighted by atomic mass is 16.5. The van der Waals surface area contributed by atoms with E-state index in [4.69, 9.17) is 4.74 Å². The van der Waals surface area contributed by atoms with Gasteiger partial charge in [0.05, 0.1) is 12.9 Å². The average Bonchev–Trinajstić information content (AvgIpc) is 3.18. The predicted molar refractivity (Wildman–Crippen MR) is 78.8 cm³/mol. The van der Waals surface area contributed by atoms with Gasteiger partial charge in [-0.05, 0) is 18.4 Å². The smallest absolute Gasteiger partial charge is 0.163 e. The van der Waals surface area contributed by atoms with Gasteiger partial charge in [0, 0.05) is 6.61 Å². The van der Waals surface area contributed by atoms with E-state index >= 15 is 0 Å². The minimum Gasteiger partial charge on any atom is -0.372 e. The van der Waals surface area contributed by atoms with Gasteiger partial charge in [0.15, 0.2) is 5.65 Å². The normalized spacial score (nSPS) is 18.4. The van der Waals surface area contributed by atoms with Gasteiger partial charge in [-0.2, -0.15) is 0 Å². The molecule has 1 aromatic carbocycles. The molecule has 106 valence electrons. The third kappa shape index (κ3) is 2.29. The van der Waals surface area contributed by atoms with Gasteiger partial charge < -0.3 is 9.30 Å². The third-order valence-corrected chi connectivity index (χ3v) is 3.86. The van der Waals surface area contributed by atoms with Gasteiger partial charge in [-0.1, -0.05) is 30.3 Å². The molecule has 5 heteroatoms. The molecule has 0 saturated carbocycles. The summed E-state index contributed by atoms with van der Waals surface area (Å²) in [5.74, 6) is 0. The highest BCUT2D eigenvalue weighted by Crippen LogP contribution is 2.30. The van der Waals surface area contributed by atoms with Crippen molar-refractivity contribution in [1.29, 1.82) is 0 Å². The second-order valence-corrected chi connectivity index (χ2v) is 5.29. The van der Waals surface area contributed by atoms with Crippen molar-refractivity contribution in [3.8, 4) is 0 Å². The Morgan fingerprint density at radius 3 is 2.86 bits per heavy atom. The van der Waals surface area contributed by atoms with Crippen molar-refractivity contribution in [2.75, 3.05) is 6.61 Å². The van der Waals surface area contributed by atoms with Crippen molar-refractivity contribution in [3.63, 3.8) is 0 Å². The van der Waals surface area contributed by atoms with Crippen LogP contribution in [0.1, 0.15) is 30.2 Å². The Balaban J connectivity index is 1.73. The first-order chi connectivity index (χ1) is 10.4. The average molecular weight is 280 g/mol. The standard InChI is InChI=1S/C16H16N4O/c1-2-5-12(6-3-1)9-20-11-19-15-14(13-7-4-8-21-13)17-10-18-16(15)20/h1-3,5-6,10-11,13H,4,7-9H2. The molecule has 4 rings (SSSR count). The van der Waals surface area contributed by atoms with E-state index < -0.39 is 0 Å². The molecule has 1 aliphatic rings. The lowest BCUT2D eigenvalue weighted by Crippen LogP contribution is -2.03. The summed E-state index contributed by atoms with van der Waals surface area (Å²) in [4.78, 5) is 13.3. The Kier molecular flexibility index (Phi) is 3.12. The predicted octanol–water partition coefficient (Wildman–Crippen LogP) is 2.73. The van der Waals surface area contributed by atoms with Crippen LogP contribution >= 0.6 is 0 Å². The summed E-state index contributed by atoms with van der Waals surface area (Å²) in [7, 11) is 0. The second-order valence-electron chi connectivity index (χ2n) is 5.29. The van der Waals surface area contributed by atoms with E-state index in [1.807, 2.05) is 24.5 Å². The molecule has 1 unspecified atom stereocenters. The number of aromatic nitrogens is 4. The van der Waals surface area contributed by atoms with E-state index in [1.54, 1.807) is 6.33 Å². The summed E-state index contributed by atoms with van der Waals surface area (Å²) in [6.45, 7) is 1.57. The summed E-state index contributed by atoms with van der Waals surface area (Å²) in [5.41, 5.74) is 3.89. The van der Waals surface area contributed by atoms with Gasteiger partial charge in [0.25, 0.3) is 0 Å². The minimum absolute atomic E-state index is 0.0653. The maximum absolute atomic E-state index is 5.74. The van der Waals surface area contributed by atoms with Crippen molar-refractivity contribution < 1.29 is 4.74 Å². The number of hydrogen-bond acceptors (Lipinski definition) is 4. The van der Waals surface area contributed by atoms with Crippen molar-refractivity contribution in [1.82, 2.24) is 19.5 Å². The van der Waals surface area contributed by atoms with E-state index in [-0.39, 0.29) is 6.10 Å². The zero-order valence-corrected chi connectivity index (χ0v) is 11.6. The first-order valence-electron chi connectivity index (χ1n) is 7.23. The fourth-order valence-electron chi connectivity index (χ4n) is 2.82. The maximum atomic E-state index is 5.74. The van der Waals surface area contributed by atoms with Crippen LogP contribution in [0.3, 0.4) is 0 Å². The molecule has 0 bridgehead atoms. The lowest BCUT2D eigenvalue weighted by Gasteiger charge is -2.09. The maximum Gasteiger partial charge on any atom is 0.163 e. The minimum atomic E-state index is 0.0653. The zero-order valence-electron chi connectivity index (χ0n) is 11.6. The van der Waals surface area contributed by atoms with Gasteiger partial charge in [-0.3, -0.25) is 0 Å². The molecule has 0 radical (unpaired) electrons. The highest BCUT2D eigenvalue weighted by Gasteiger charge is 2.23. The summed E-state index contributed by atoms with van der Waals surface area (Å²) in [6.07, 6.45) is 5.61. The van der Waals surface area contributed by atoms with Crippen molar-refractivity contribution in [2.45, 2.75) is 25.5 Å². The number of benzene rings is 1. The van der Waals surface area contributed by atoms with Crippen molar-refractivity contribution in [2.24, 2.45) is 0 Å². The zero-order chi connectivity index (χ0) is 14.1. The molecule has 1 aliphatic heterocycles. The first kappa shape index (κ1) is 12.5. The number of imidazole rings is 1. The molecule has 2 aromatic heterocycles. The van der Waals surface area contributed by atoms with E-state index in [9.17, 15) is 0 Å². The summed E-state index contributed by atoms with van der Waals surface area (Å²) < 4.78 is 7.80.